The van der Waals surface area contributed by atoms with Crippen LogP contribution in [0, 0.1) is 0 Å². The Balaban J connectivity index is 2.19. The van der Waals surface area contributed by atoms with E-state index in [-0.39, 0.29) is 12.0 Å². The highest BCUT2D eigenvalue weighted by molar-refractivity contribution is 5.76. The van der Waals surface area contributed by atoms with Crippen LogP contribution in [0.3, 0.4) is 0 Å². The van der Waals surface area contributed by atoms with Crippen molar-refractivity contribution in [3.8, 4) is 0 Å². The molecule has 1 heterocycles. The van der Waals surface area contributed by atoms with Gasteiger partial charge in [-0.3, -0.25) is 9.69 Å². The summed E-state index contributed by atoms with van der Waals surface area (Å²) in [5.74, 6) is 0.176. The first kappa shape index (κ1) is 14.4. The molecule has 1 rings (SSSR count). The minimum absolute atomic E-state index is 0.176. The van der Waals surface area contributed by atoms with Gasteiger partial charge in [0.05, 0.1) is 19.1 Å². The van der Waals surface area contributed by atoms with E-state index in [0.717, 1.165) is 26.2 Å². The van der Waals surface area contributed by atoms with Crippen LogP contribution in [0.15, 0.2) is 0 Å². The molecule has 5 heteroatoms. The number of hydrogen-bond donors (Lipinski definition) is 1. The zero-order chi connectivity index (χ0) is 12.7. The van der Waals surface area contributed by atoms with E-state index in [0.29, 0.717) is 26.2 Å². The van der Waals surface area contributed by atoms with Gasteiger partial charge in [-0.1, -0.05) is 0 Å². The van der Waals surface area contributed by atoms with Crippen LogP contribution in [-0.4, -0.2) is 72.9 Å². The van der Waals surface area contributed by atoms with Gasteiger partial charge in [0.15, 0.2) is 0 Å². The van der Waals surface area contributed by atoms with Crippen molar-refractivity contribution in [2.45, 2.75) is 26.4 Å². The second-order valence-electron chi connectivity index (χ2n) is 4.48. The lowest BCUT2D eigenvalue weighted by Gasteiger charge is -2.35. The van der Waals surface area contributed by atoms with E-state index in [2.05, 4.69) is 4.90 Å². The third-order valence-electron chi connectivity index (χ3n) is 2.91. The topological polar surface area (TPSA) is 53.0 Å². The Bertz CT molecular complexity index is 226. The molecule has 1 N–H and O–H groups in total. The van der Waals surface area contributed by atoms with E-state index in [1.807, 2.05) is 11.8 Å². The number of hydrogen-bond acceptors (Lipinski definition) is 4. The van der Waals surface area contributed by atoms with Crippen LogP contribution in [0.2, 0.25) is 0 Å². The normalized spacial score (nSPS) is 19.4. The molecule has 1 saturated heterocycles. The van der Waals surface area contributed by atoms with Crippen LogP contribution in [0.25, 0.3) is 0 Å². The Hall–Kier alpha value is -0.650. The molecule has 1 aliphatic rings. The minimum Gasteiger partial charge on any atom is -0.392 e. The van der Waals surface area contributed by atoms with Crippen LogP contribution in [-0.2, 0) is 9.53 Å². The van der Waals surface area contributed by atoms with Crippen molar-refractivity contribution in [1.82, 2.24) is 9.80 Å². The minimum atomic E-state index is -0.296. The monoisotopic (exact) mass is 244 g/mol. The van der Waals surface area contributed by atoms with Crippen molar-refractivity contribution in [3.05, 3.63) is 0 Å². The Morgan fingerprint density at radius 2 is 2.00 bits per heavy atom. The molecule has 1 amide bonds. The molecule has 0 aromatic rings. The van der Waals surface area contributed by atoms with Gasteiger partial charge in [0, 0.05) is 39.3 Å². The average molecular weight is 244 g/mol. The Morgan fingerprint density at radius 3 is 2.53 bits per heavy atom. The number of aliphatic hydroxyl groups excluding tert-OH is 1. The predicted octanol–water partition coefficient (Wildman–Crippen LogP) is -0.0620. The molecule has 0 radical (unpaired) electrons. The predicted molar refractivity (Wildman–Crippen MR) is 65.8 cm³/mol. The van der Waals surface area contributed by atoms with Crippen LogP contribution in [0.5, 0.6) is 0 Å². The lowest BCUT2D eigenvalue weighted by atomic mass is 10.2. The molecule has 0 unspecified atom stereocenters. The summed E-state index contributed by atoms with van der Waals surface area (Å²) in [4.78, 5) is 15.9. The smallest absolute Gasteiger partial charge is 0.224 e. The highest BCUT2D eigenvalue weighted by Crippen LogP contribution is 2.04. The van der Waals surface area contributed by atoms with Gasteiger partial charge in [0.2, 0.25) is 5.91 Å². The first-order valence-corrected chi connectivity index (χ1v) is 6.39. The van der Waals surface area contributed by atoms with Crippen molar-refractivity contribution < 1.29 is 14.6 Å². The zero-order valence-electron chi connectivity index (χ0n) is 10.9. The molecule has 5 nitrogen and oxygen atoms in total. The fraction of sp³-hybridized carbons (Fsp3) is 0.917. The van der Waals surface area contributed by atoms with Crippen molar-refractivity contribution in [3.63, 3.8) is 0 Å². The first-order valence-electron chi connectivity index (χ1n) is 6.39. The molecule has 1 atom stereocenters. The average Bonchev–Trinajstić information content (AvgIpc) is 2.29. The van der Waals surface area contributed by atoms with E-state index in [1.165, 1.54) is 0 Å². The first-order chi connectivity index (χ1) is 8.13. The number of β-amino-alcohol motifs (C(OH)–C–C–N with tert-alkyl or cyclic N) is 1. The Morgan fingerprint density at radius 1 is 1.35 bits per heavy atom. The molecule has 0 aliphatic carbocycles. The molecular weight excluding hydrogens is 220 g/mol. The summed E-state index contributed by atoms with van der Waals surface area (Å²) >= 11 is 0. The second-order valence-corrected chi connectivity index (χ2v) is 4.48. The van der Waals surface area contributed by atoms with Crippen molar-refractivity contribution in [2.75, 3.05) is 45.9 Å². The molecule has 0 saturated carbocycles. The summed E-state index contributed by atoms with van der Waals surface area (Å²) in [5.41, 5.74) is 0. The number of nitrogens with zero attached hydrogens (tertiary/aromatic N) is 2. The summed E-state index contributed by atoms with van der Waals surface area (Å²) in [6, 6.07) is 0. The Labute approximate surface area is 103 Å². The molecule has 0 spiro atoms. The van der Waals surface area contributed by atoms with Gasteiger partial charge < -0.3 is 14.7 Å². The lowest BCUT2D eigenvalue weighted by Crippen LogP contribution is -2.50. The molecule has 0 aromatic carbocycles. The molecule has 17 heavy (non-hydrogen) atoms. The summed E-state index contributed by atoms with van der Waals surface area (Å²) in [5, 5.41) is 9.28. The number of amides is 1. The third kappa shape index (κ3) is 5.48. The van der Waals surface area contributed by atoms with Gasteiger partial charge in [0.25, 0.3) is 0 Å². The van der Waals surface area contributed by atoms with Crippen molar-refractivity contribution in [1.29, 1.82) is 0 Å². The molecule has 0 bridgehead atoms. The van der Waals surface area contributed by atoms with Crippen molar-refractivity contribution >= 4 is 5.91 Å². The third-order valence-corrected chi connectivity index (χ3v) is 2.91. The number of carbonyl (C=O) groups excluding carboxylic acids is 1. The van der Waals surface area contributed by atoms with Crippen LogP contribution >= 0.6 is 0 Å². The number of ether oxygens (including phenoxy) is 1. The summed E-state index contributed by atoms with van der Waals surface area (Å²) in [7, 11) is 0. The largest absolute Gasteiger partial charge is 0.392 e. The fourth-order valence-electron chi connectivity index (χ4n) is 2.02. The molecule has 1 aliphatic heterocycles. The van der Waals surface area contributed by atoms with Gasteiger partial charge in [-0.05, 0) is 13.8 Å². The zero-order valence-corrected chi connectivity index (χ0v) is 10.9. The number of aliphatic hydroxyl groups is 1. The molecule has 0 aromatic heterocycles. The molecular formula is C12H24N2O3. The van der Waals surface area contributed by atoms with E-state index in [9.17, 15) is 9.90 Å². The summed E-state index contributed by atoms with van der Waals surface area (Å²) in [6.45, 7) is 8.82. The highest BCUT2D eigenvalue weighted by Gasteiger charge is 2.21. The van der Waals surface area contributed by atoms with Gasteiger partial charge >= 0.3 is 0 Å². The van der Waals surface area contributed by atoms with Gasteiger partial charge in [0.1, 0.15) is 0 Å². The maximum absolute atomic E-state index is 11.8. The fourth-order valence-corrected chi connectivity index (χ4v) is 2.02. The van der Waals surface area contributed by atoms with E-state index in [4.69, 9.17) is 4.74 Å². The van der Waals surface area contributed by atoms with Gasteiger partial charge in [-0.15, -0.1) is 0 Å². The van der Waals surface area contributed by atoms with Gasteiger partial charge in [-0.25, -0.2) is 0 Å². The van der Waals surface area contributed by atoms with Crippen LogP contribution < -0.4 is 0 Å². The van der Waals surface area contributed by atoms with Crippen LogP contribution in [0.4, 0.5) is 0 Å². The molecule has 100 valence electrons. The number of piperazine rings is 1. The SMILES string of the molecule is CCOCCC(=O)N1CCN(C[C@@H](C)O)CC1. The Kier molecular flexibility index (Phi) is 6.47. The maximum atomic E-state index is 11.8. The maximum Gasteiger partial charge on any atom is 0.224 e. The van der Waals surface area contributed by atoms with Gasteiger partial charge in [-0.2, -0.15) is 0 Å². The van der Waals surface area contributed by atoms with Crippen LogP contribution in [0.1, 0.15) is 20.3 Å². The summed E-state index contributed by atoms with van der Waals surface area (Å²) in [6.07, 6.45) is 0.180. The highest BCUT2D eigenvalue weighted by atomic mass is 16.5. The lowest BCUT2D eigenvalue weighted by molar-refractivity contribution is -0.134. The number of carbonyl (C=O) groups is 1. The second kappa shape index (κ2) is 7.63. The van der Waals surface area contributed by atoms with Crippen molar-refractivity contribution in [2.24, 2.45) is 0 Å². The van der Waals surface area contributed by atoms with E-state index >= 15 is 0 Å². The quantitative estimate of drug-likeness (QED) is 0.665. The summed E-state index contributed by atoms with van der Waals surface area (Å²) < 4.78 is 5.18. The van der Waals surface area contributed by atoms with E-state index in [1.54, 1.807) is 6.92 Å². The van der Waals surface area contributed by atoms with E-state index < -0.39 is 0 Å². The number of rotatable bonds is 6. The standard InChI is InChI=1S/C12H24N2O3/c1-3-17-9-4-12(16)14-7-5-13(6-8-14)10-11(2)15/h11,15H,3-10H2,1-2H3/t11-/m1/s1. The molecule has 1 fully saturated rings.